The van der Waals surface area contributed by atoms with Crippen molar-refractivity contribution < 1.29 is 23.9 Å². The lowest BCUT2D eigenvalue weighted by Gasteiger charge is -2.16. The highest BCUT2D eigenvalue weighted by Gasteiger charge is 2.59. The summed E-state index contributed by atoms with van der Waals surface area (Å²) in [6, 6.07) is 4.54. The van der Waals surface area contributed by atoms with Crippen molar-refractivity contribution in [3.05, 3.63) is 40.4 Å². The molecule has 146 valence electrons. The molecule has 9 heteroatoms. The number of ether oxygens (including phenoxy) is 1. The van der Waals surface area contributed by atoms with Crippen LogP contribution in [0.25, 0.3) is 0 Å². The molecule has 1 saturated heterocycles. The van der Waals surface area contributed by atoms with E-state index in [1.165, 1.54) is 12.1 Å². The number of nitrogens with zero attached hydrogens (tertiary/aromatic N) is 1. The summed E-state index contributed by atoms with van der Waals surface area (Å²) in [4.78, 5) is 50.0. The minimum absolute atomic E-state index is 0.0716. The summed E-state index contributed by atoms with van der Waals surface area (Å²) in [6.45, 7) is -1.05. The van der Waals surface area contributed by atoms with Gasteiger partial charge in [0, 0.05) is 5.02 Å². The molecule has 1 aliphatic heterocycles. The lowest BCUT2D eigenvalue weighted by Crippen LogP contribution is -2.38. The smallest absolute Gasteiger partial charge is 0.326 e. The molecule has 1 aromatic carbocycles. The molecule has 0 aromatic heterocycles. The van der Waals surface area contributed by atoms with Crippen LogP contribution in [0.4, 0.5) is 5.69 Å². The maximum absolute atomic E-state index is 12.5. The Balaban J connectivity index is 1.30. The second-order valence-corrected chi connectivity index (χ2v) is 7.94. The van der Waals surface area contributed by atoms with E-state index in [2.05, 4.69) is 5.32 Å². The standard InChI is InChI=1S/C19H16Cl2N2O5/c20-11-3-4-13(12(21)6-11)22-14(24)8-28-15(25)7-23-18(26)16-9-1-2-10(5-9)17(16)19(23)27/h1-4,6,9-10,16-17H,5,7-8H2,(H,22,24)/t9-,10-,16-,17-/m0/s1. The predicted molar refractivity (Wildman–Crippen MR) is 100 cm³/mol. The van der Waals surface area contributed by atoms with E-state index in [4.69, 9.17) is 27.9 Å². The molecular formula is C19H16Cl2N2O5. The topological polar surface area (TPSA) is 92.8 Å². The first-order valence-corrected chi connectivity index (χ1v) is 9.55. The van der Waals surface area contributed by atoms with Gasteiger partial charge in [-0.2, -0.15) is 0 Å². The third kappa shape index (κ3) is 3.29. The molecule has 28 heavy (non-hydrogen) atoms. The summed E-state index contributed by atoms with van der Waals surface area (Å²) in [6.07, 6.45) is 4.77. The molecule has 2 fully saturated rings. The molecular weight excluding hydrogens is 407 g/mol. The van der Waals surface area contributed by atoms with E-state index in [9.17, 15) is 19.2 Å². The Morgan fingerprint density at radius 2 is 1.75 bits per heavy atom. The number of carbonyl (C=O) groups is 4. The van der Waals surface area contributed by atoms with Gasteiger partial charge in [0.2, 0.25) is 11.8 Å². The Labute approximate surface area is 170 Å². The Bertz CT molecular complexity index is 886. The molecule has 3 aliphatic rings. The maximum Gasteiger partial charge on any atom is 0.326 e. The third-order valence-corrected chi connectivity index (χ3v) is 5.97. The minimum atomic E-state index is -0.820. The number of anilines is 1. The van der Waals surface area contributed by atoms with Crippen LogP contribution in [-0.2, 0) is 23.9 Å². The van der Waals surface area contributed by atoms with Crippen LogP contribution in [-0.4, -0.2) is 41.7 Å². The van der Waals surface area contributed by atoms with Crippen molar-refractivity contribution in [3.63, 3.8) is 0 Å². The number of esters is 1. The van der Waals surface area contributed by atoms with Gasteiger partial charge in [0.15, 0.2) is 6.61 Å². The van der Waals surface area contributed by atoms with Crippen molar-refractivity contribution in [1.29, 1.82) is 0 Å². The van der Waals surface area contributed by atoms with Crippen molar-refractivity contribution in [2.75, 3.05) is 18.5 Å². The molecule has 1 aromatic rings. The molecule has 1 N–H and O–H groups in total. The molecule has 2 bridgehead atoms. The number of hydrogen-bond acceptors (Lipinski definition) is 5. The van der Waals surface area contributed by atoms with Crippen molar-refractivity contribution in [2.45, 2.75) is 6.42 Å². The fraction of sp³-hybridized carbons (Fsp3) is 0.368. The summed E-state index contributed by atoms with van der Waals surface area (Å²) in [7, 11) is 0. The highest BCUT2D eigenvalue weighted by molar-refractivity contribution is 6.36. The van der Waals surface area contributed by atoms with Gasteiger partial charge in [0.05, 0.1) is 22.5 Å². The summed E-state index contributed by atoms with van der Waals surface area (Å²) < 4.78 is 4.91. The van der Waals surface area contributed by atoms with Gasteiger partial charge in [-0.25, -0.2) is 0 Å². The van der Waals surface area contributed by atoms with E-state index in [0.717, 1.165) is 11.3 Å². The number of carbonyl (C=O) groups excluding carboxylic acids is 4. The number of benzene rings is 1. The molecule has 0 spiro atoms. The molecule has 0 unspecified atom stereocenters. The van der Waals surface area contributed by atoms with Gasteiger partial charge in [-0.3, -0.25) is 24.1 Å². The van der Waals surface area contributed by atoms with E-state index in [0.29, 0.717) is 10.7 Å². The molecule has 2 aliphatic carbocycles. The van der Waals surface area contributed by atoms with E-state index < -0.39 is 25.0 Å². The normalized spacial score (nSPS) is 27.3. The third-order valence-electron chi connectivity index (χ3n) is 5.42. The SMILES string of the molecule is O=C(COC(=O)CN1C(=O)[C@@H]2[C@@H](C1=O)[C@H]1C=C[C@H]2C1)Nc1ccc(Cl)cc1Cl. The first kappa shape index (κ1) is 19.0. The number of amides is 3. The van der Waals surface area contributed by atoms with Gasteiger partial charge in [0.1, 0.15) is 6.54 Å². The summed E-state index contributed by atoms with van der Waals surface area (Å²) in [5, 5.41) is 3.16. The highest BCUT2D eigenvalue weighted by Crippen LogP contribution is 2.52. The summed E-state index contributed by atoms with van der Waals surface area (Å²) in [5.74, 6) is -2.68. The number of hydrogen-bond donors (Lipinski definition) is 1. The van der Waals surface area contributed by atoms with Crippen LogP contribution in [0, 0.1) is 23.7 Å². The predicted octanol–water partition coefficient (Wildman–Crippen LogP) is 2.28. The Kier molecular flexibility index (Phi) is 4.89. The second-order valence-electron chi connectivity index (χ2n) is 7.10. The fourth-order valence-electron chi connectivity index (χ4n) is 4.22. The summed E-state index contributed by atoms with van der Waals surface area (Å²) >= 11 is 11.8. The molecule has 4 rings (SSSR count). The molecule has 0 radical (unpaired) electrons. The van der Waals surface area contributed by atoms with E-state index in [-0.39, 0.29) is 40.5 Å². The number of fused-ring (bicyclic) bond motifs is 5. The van der Waals surface area contributed by atoms with Gasteiger partial charge in [-0.15, -0.1) is 0 Å². The second kappa shape index (κ2) is 7.22. The van der Waals surface area contributed by atoms with Crippen LogP contribution in [0.2, 0.25) is 10.0 Å². The zero-order valence-electron chi connectivity index (χ0n) is 14.6. The van der Waals surface area contributed by atoms with E-state index >= 15 is 0 Å². The average Bonchev–Trinajstić information content (AvgIpc) is 3.32. The lowest BCUT2D eigenvalue weighted by molar-refractivity contribution is -0.154. The average molecular weight is 423 g/mol. The van der Waals surface area contributed by atoms with Crippen LogP contribution in [0.1, 0.15) is 6.42 Å². The van der Waals surface area contributed by atoms with Crippen molar-refractivity contribution in [2.24, 2.45) is 23.7 Å². The monoisotopic (exact) mass is 422 g/mol. The molecule has 1 saturated carbocycles. The zero-order chi connectivity index (χ0) is 20.0. The Morgan fingerprint density at radius 3 is 2.36 bits per heavy atom. The maximum atomic E-state index is 12.5. The first-order valence-electron chi connectivity index (χ1n) is 8.79. The number of nitrogens with one attached hydrogen (secondary N) is 1. The van der Waals surface area contributed by atoms with E-state index in [1.54, 1.807) is 6.07 Å². The lowest BCUT2D eigenvalue weighted by atomic mass is 9.85. The molecule has 4 atom stereocenters. The van der Waals surface area contributed by atoms with Crippen molar-refractivity contribution >= 4 is 52.6 Å². The number of imide groups is 1. The van der Waals surface area contributed by atoms with Crippen LogP contribution in [0.5, 0.6) is 0 Å². The van der Waals surface area contributed by atoms with E-state index in [1.807, 2.05) is 12.2 Å². The number of halogens is 2. The number of rotatable bonds is 5. The fourth-order valence-corrected chi connectivity index (χ4v) is 4.67. The van der Waals surface area contributed by atoms with Gasteiger partial charge in [-0.05, 0) is 36.5 Å². The minimum Gasteiger partial charge on any atom is -0.454 e. The van der Waals surface area contributed by atoms with Crippen LogP contribution < -0.4 is 5.32 Å². The van der Waals surface area contributed by atoms with Gasteiger partial charge in [0.25, 0.3) is 5.91 Å². The van der Waals surface area contributed by atoms with Crippen LogP contribution in [0.3, 0.4) is 0 Å². The quantitative estimate of drug-likeness (QED) is 0.446. The van der Waals surface area contributed by atoms with Gasteiger partial charge < -0.3 is 10.1 Å². The van der Waals surface area contributed by atoms with Crippen molar-refractivity contribution in [3.8, 4) is 0 Å². The Hall–Kier alpha value is -2.38. The molecule has 7 nitrogen and oxygen atoms in total. The van der Waals surface area contributed by atoms with Gasteiger partial charge >= 0.3 is 5.97 Å². The number of allylic oxidation sites excluding steroid dienone is 2. The molecule has 3 amide bonds. The molecule has 1 heterocycles. The zero-order valence-corrected chi connectivity index (χ0v) is 16.1. The highest BCUT2D eigenvalue weighted by atomic mass is 35.5. The first-order chi connectivity index (χ1) is 13.3. The summed E-state index contributed by atoms with van der Waals surface area (Å²) in [5.41, 5.74) is 0.327. The largest absolute Gasteiger partial charge is 0.454 e. The Morgan fingerprint density at radius 1 is 1.11 bits per heavy atom. The van der Waals surface area contributed by atoms with Crippen LogP contribution >= 0.6 is 23.2 Å². The van der Waals surface area contributed by atoms with Crippen molar-refractivity contribution in [1.82, 2.24) is 4.90 Å². The van der Waals surface area contributed by atoms with Crippen LogP contribution in [0.15, 0.2) is 30.4 Å². The van der Waals surface area contributed by atoms with Gasteiger partial charge in [-0.1, -0.05) is 35.4 Å². The number of likely N-dealkylation sites (tertiary alicyclic amines) is 1.